The van der Waals surface area contributed by atoms with Crippen LogP contribution in [0.1, 0.15) is 47.8 Å². The number of piperidine rings is 1. The summed E-state index contributed by atoms with van der Waals surface area (Å²) in [5, 5.41) is 6.73. The third kappa shape index (κ3) is 3.76. The molecule has 1 aliphatic heterocycles. The van der Waals surface area contributed by atoms with Crippen LogP contribution in [0.5, 0.6) is 0 Å². The van der Waals surface area contributed by atoms with Gasteiger partial charge < -0.3 is 14.7 Å². The van der Waals surface area contributed by atoms with Crippen LogP contribution < -0.4 is 5.32 Å². The van der Waals surface area contributed by atoms with Gasteiger partial charge in [0.15, 0.2) is 5.82 Å². The zero-order valence-corrected chi connectivity index (χ0v) is 13.4. The molecule has 0 saturated carbocycles. The van der Waals surface area contributed by atoms with Gasteiger partial charge in [-0.15, -0.1) is 0 Å². The van der Waals surface area contributed by atoms with Gasteiger partial charge in [-0.2, -0.15) is 4.98 Å². The molecule has 126 valence electrons. The first kappa shape index (κ1) is 16.1. The number of carbonyl (C=O) groups is 2. The number of hydrogen-bond acceptors (Lipinski definition) is 6. The summed E-state index contributed by atoms with van der Waals surface area (Å²) < 4.78 is 5.21. The lowest BCUT2D eigenvalue weighted by atomic mass is 9.96. The second-order valence-electron chi connectivity index (χ2n) is 5.75. The van der Waals surface area contributed by atoms with E-state index < -0.39 is 0 Å². The van der Waals surface area contributed by atoms with Crippen LogP contribution in [0.25, 0.3) is 0 Å². The molecule has 3 heterocycles. The lowest BCUT2D eigenvalue weighted by Gasteiger charge is -2.29. The molecule has 8 nitrogen and oxygen atoms in total. The van der Waals surface area contributed by atoms with Gasteiger partial charge in [0.05, 0.1) is 12.1 Å². The van der Waals surface area contributed by atoms with Crippen molar-refractivity contribution in [2.75, 3.05) is 13.1 Å². The van der Waals surface area contributed by atoms with Crippen LogP contribution in [0.15, 0.2) is 29.0 Å². The van der Waals surface area contributed by atoms with E-state index in [2.05, 4.69) is 20.4 Å². The highest BCUT2D eigenvalue weighted by molar-refractivity contribution is 5.93. The van der Waals surface area contributed by atoms with E-state index in [4.69, 9.17) is 4.52 Å². The van der Waals surface area contributed by atoms with Crippen LogP contribution in [0.3, 0.4) is 0 Å². The third-order valence-electron chi connectivity index (χ3n) is 4.11. The number of aromatic nitrogens is 3. The molecule has 2 aromatic heterocycles. The number of nitrogens with zero attached hydrogens (tertiary/aromatic N) is 4. The van der Waals surface area contributed by atoms with E-state index in [1.54, 1.807) is 25.3 Å². The van der Waals surface area contributed by atoms with E-state index in [0.717, 1.165) is 12.8 Å². The van der Waals surface area contributed by atoms with Gasteiger partial charge in [-0.3, -0.25) is 14.6 Å². The molecule has 24 heavy (non-hydrogen) atoms. The summed E-state index contributed by atoms with van der Waals surface area (Å²) in [6.07, 6.45) is 4.75. The molecule has 0 unspecified atom stereocenters. The van der Waals surface area contributed by atoms with Gasteiger partial charge >= 0.3 is 0 Å². The monoisotopic (exact) mass is 329 g/mol. The zero-order valence-electron chi connectivity index (χ0n) is 13.4. The minimum atomic E-state index is -0.238. The van der Waals surface area contributed by atoms with E-state index in [0.29, 0.717) is 30.4 Å². The number of pyridine rings is 1. The van der Waals surface area contributed by atoms with Crippen molar-refractivity contribution in [3.05, 3.63) is 41.8 Å². The van der Waals surface area contributed by atoms with Crippen LogP contribution >= 0.6 is 0 Å². The Morgan fingerprint density at radius 3 is 2.83 bits per heavy atom. The molecule has 0 spiro atoms. The molecule has 0 radical (unpaired) electrons. The highest BCUT2D eigenvalue weighted by Crippen LogP contribution is 2.25. The second kappa shape index (κ2) is 7.20. The Bertz CT molecular complexity index is 708. The average molecular weight is 329 g/mol. The van der Waals surface area contributed by atoms with Crippen molar-refractivity contribution in [3.63, 3.8) is 0 Å². The summed E-state index contributed by atoms with van der Waals surface area (Å²) in [5.41, 5.74) is 0.480. The fourth-order valence-electron chi connectivity index (χ4n) is 2.71. The fourth-order valence-corrected chi connectivity index (χ4v) is 2.71. The predicted molar refractivity (Wildman–Crippen MR) is 83.9 cm³/mol. The topological polar surface area (TPSA) is 101 Å². The Kier molecular flexibility index (Phi) is 4.83. The second-order valence-corrected chi connectivity index (χ2v) is 5.75. The standard InChI is InChI=1S/C16H19N5O3/c1-11(22)21-7-4-12(5-8-21)15-19-14(24-20-15)10-18-16(23)13-3-2-6-17-9-13/h2-3,6,9,12H,4-5,7-8,10H2,1H3,(H,18,23). The van der Waals surface area contributed by atoms with Crippen molar-refractivity contribution >= 4 is 11.8 Å². The fraction of sp³-hybridized carbons (Fsp3) is 0.438. The maximum Gasteiger partial charge on any atom is 0.253 e. The Morgan fingerprint density at radius 2 is 2.17 bits per heavy atom. The molecular formula is C16H19N5O3. The molecule has 1 fully saturated rings. The molecule has 3 rings (SSSR count). The summed E-state index contributed by atoms with van der Waals surface area (Å²) in [6, 6.07) is 3.39. The highest BCUT2D eigenvalue weighted by Gasteiger charge is 2.25. The minimum absolute atomic E-state index is 0.0976. The van der Waals surface area contributed by atoms with Crippen LogP contribution in [0.2, 0.25) is 0 Å². The Morgan fingerprint density at radius 1 is 1.38 bits per heavy atom. The van der Waals surface area contributed by atoms with Gasteiger partial charge in [-0.25, -0.2) is 0 Å². The van der Waals surface area contributed by atoms with Gasteiger partial charge in [-0.05, 0) is 25.0 Å². The lowest BCUT2D eigenvalue weighted by Crippen LogP contribution is -2.36. The highest BCUT2D eigenvalue weighted by atomic mass is 16.5. The maximum absolute atomic E-state index is 11.9. The Balaban J connectivity index is 1.53. The zero-order chi connectivity index (χ0) is 16.9. The first-order valence-electron chi connectivity index (χ1n) is 7.89. The first-order valence-corrected chi connectivity index (χ1v) is 7.89. The van der Waals surface area contributed by atoms with Gasteiger partial charge in [0.1, 0.15) is 0 Å². The molecule has 1 N–H and O–H groups in total. The molecule has 0 bridgehead atoms. The van der Waals surface area contributed by atoms with E-state index in [1.165, 1.54) is 6.20 Å². The molecule has 0 aromatic carbocycles. The number of likely N-dealkylation sites (tertiary alicyclic amines) is 1. The number of nitrogens with one attached hydrogen (secondary N) is 1. The van der Waals surface area contributed by atoms with Crippen molar-refractivity contribution < 1.29 is 14.1 Å². The van der Waals surface area contributed by atoms with Crippen molar-refractivity contribution in [3.8, 4) is 0 Å². The number of rotatable bonds is 4. The molecule has 8 heteroatoms. The Hall–Kier alpha value is -2.77. The van der Waals surface area contributed by atoms with E-state index >= 15 is 0 Å². The molecule has 1 saturated heterocycles. The van der Waals surface area contributed by atoms with Gasteiger partial charge in [-0.1, -0.05) is 5.16 Å². The summed E-state index contributed by atoms with van der Waals surface area (Å²) in [4.78, 5) is 33.4. The van der Waals surface area contributed by atoms with Crippen LogP contribution in [0.4, 0.5) is 0 Å². The number of hydrogen-bond donors (Lipinski definition) is 1. The molecule has 1 aliphatic rings. The van der Waals surface area contributed by atoms with Crippen LogP contribution in [-0.4, -0.2) is 44.9 Å². The molecule has 0 atom stereocenters. The van der Waals surface area contributed by atoms with Crippen molar-refractivity contribution in [1.82, 2.24) is 25.3 Å². The van der Waals surface area contributed by atoms with E-state index in [9.17, 15) is 9.59 Å². The quantitative estimate of drug-likeness (QED) is 0.902. The van der Waals surface area contributed by atoms with Gasteiger partial charge in [0, 0.05) is 38.3 Å². The Labute approximate surface area is 139 Å². The summed E-state index contributed by atoms with van der Waals surface area (Å²) in [7, 11) is 0. The molecule has 0 aliphatic carbocycles. The molecule has 2 aromatic rings. The van der Waals surface area contributed by atoms with E-state index in [1.807, 2.05) is 4.90 Å². The van der Waals surface area contributed by atoms with Crippen LogP contribution in [0, 0.1) is 0 Å². The minimum Gasteiger partial charge on any atom is -0.343 e. The van der Waals surface area contributed by atoms with Crippen molar-refractivity contribution in [2.24, 2.45) is 0 Å². The van der Waals surface area contributed by atoms with E-state index in [-0.39, 0.29) is 24.3 Å². The predicted octanol–water partition coefficient (Wildman–Crippen LogP) is 1.12. The molecule has 2 amide bonds. The first-order chi connectivity index (χ1) is 11.6. The van der Waals surface area contributed by atoms with Crippen molar-refractivity contribution in [2.45, 2.75) is 32.2 Å². The van der Waals surface area contributed by atoms with Crippen molar-refractivity contribution in [1.29, 1.82) is 0 Å². The number of carbonyl (C=O) groups excluding carboxylic acids is 2. The SMILES string of the molecule is CC(=O)N1CCC(c2noc(CNC(=O)c3cccnc3)n2)CC1. The smallest absolute Gasteiger partial charge is 0.253 e. The summed E-state index contributed by atoms with van der Waals surface area (Å²) in [5.74, 6) is 1.06. The number of amides is 2. The third-order valence-corrected chi connectivity index (χ3v) is 4.11. The normalized spacial score (nSPS) is 15.3. The summed E-state index contributed by atoms with van der Waals surface area (Å²) >= 11 is 0. The average Bonchev–Trinajstić information content (AvgIpc) is 3.09. The van der Waals surface area contributed by atoms with Gasteiger partial charge in [0.2, 0.25) is 11.8 Å². The largest absolute Gasteiger partial charge is 0.343 e. The lowest BCUT2D eigenvalue weighted by molar-refractivity contribution is -0.129. The summed E-state index contributed by atoms with van der Waals surface area (Å²) in [6.45, 7) is 3.17. The molecular weight excluding hydrogens is 310 g/mol. The maximum atomic E-state index is 11.9. The van der Waals surface area contributed by atoms with Gasteiger partial charge in [0.25, 0.3) is 5.91 Å². The van der Waals surface area contributed by atoms with Crippen LogP contribution in [-0.2, 0) is 11.3 Å².